The number of hydrogen-bond donors (Lipinski definition) is 4. The molecule has 1 aliphatic rings. The van der Waals surface area contributed by atoms with Crippen molar-refractivity contribution < 1.29 is 19.8 Å². The van der Waals surface area contributed by atoms with Gasteiger partial charge in [0.25, 0.3) is 0 Å². The highest BCUT2D eigenvalue weighted by Crippen LogP contribution is 2.08. The maximum absolute atomic E-state index is 11.8. The van der Waals surface area contributed by atoms with Gasteiger partial charge in [-0.2, -0.15) is 0 Å². The minimum Gasteiger partial charge on any atom is -0.396 e. The summed E-state index contributed by atoms with van der Waals surface area (Å²) in [6.45, 7) is 1.35. The number of nitrogens with one attached hydrogen (secondary N) is 2. The molecule has 0 amide bonds. The average Bonchev–Trinajstić information content (AvgIpc) is 2.44. The molecule has 0 aromatic rings. The summed E-state index contributed by atoms with van der Waals surface area (Å²) in [5.74, 6) is -0.448. The second-order valence-corrected chi connectivity index (χ2v) is 4.56. The Morgan fingerprint density at radius 3 is 1.50 bits per heavy atom. The van der Waals surface area contributed by atoms with Gasteiger partial charge in [-0.25, -0.2) is 0 Å². The van der Waals surface area contributed by atoms with Gasteiger partial charge in [0.15, 0.2) is 0 Å². The molecule has 0 atom stereocenters. The summed E-state index contributed by atoms with van der Waals surface area (Å²) in [4.78, 5) is 23.6. The van der Waals surface area contributed by atoms with Crippen molar-refractivity contribution in [2.24, 2.45) is 0 Å². The Kier molecular flexibility index (Phi) is 7.60. The molecule has 112 valence electrons. The molecular weight excluding hydrogens is 260 g/mol. The zero-order valence-corrected chi connectivity index (χ0v) is 11.5. The Bertz CT molecular complexity index is 364. The number of carbonyl (C=O) groups is 2. The molecule has 20 heavy (non-hydrogen) atoms. The van der Waals surface area contributed by atoms with Gasteiger partial charge < -0.3 is 20.8 Å². The van der Waals surface area contributed by atoms with Gasteiger partial charge in [-0.3, -0.25) is 9.59 Å². The van der Waals surface area contributed by atoms with Crippen LogP contribution in [0.4, 0.5) is 0 Å². The molecule has 0 bridgehead atoms. The third-order valence-electron chi connectivity index (χ3n) is 2.88. The van der Waals surface area contributed by atoms with Crippen LogP contribution in [-0.2, 0) is 9.59 Å². The van der Waals surface area contributed by atoms with Crippen molar-refractivity contribution in [1.82, 2.24) is 10.6 Å². The molecule has 0 fully saturated rings. The molecular formula is C14H22N2O4. The summed E-state index contributed by atoms with van der Waals surface area (Å²) in [6.07, 6.45) is 5.41. The average molecular weight is 282 g/mol. The topological polar surface area (TPSA) is 98.7 Å². The van der Waals surface area contributed by atoms with Gasteiger partial charge in [0.05, 0.1) is 11.4 Å². The molecule has 0 aromatic heterocycles. The van der Waals surface area contributed by atoms with Crippen molar-refractivity contribution in [2.75, 3.05) is 26.3 Å². The summed E-state index contributed by atoms with van der Waals surface area (Å²) in [7, 11) is 0. The molecule has 0 unspecified atom stereocenters. The fourth-order valence-corrected chi connectivity index (χ4v) is 1.76. The van der Waals surface area contributed by atoms with Crippen LogP contribution < -0.4 is 10.6 Å². The van der Waals surface area contributed by atoms with E-state index in [0.717, 1.165) is 12.8 Å². The molecule has 4 N–H and O–H groups in total. The van der Waals surface area contributed by atoms with Gasteiger partial charge in [-0.05, 0) is 25.7 Å². The predicted molar refractivity (Wildman–Crippen MR) is 74.8 cm³/mol. The minimum absolute atomic E-state index is 0.120. The zero-order chi connectivity index (χ0) is 14.8. The third-order valence-corrected chi connectivity index (χ3v) is 2.88. The van der Waals surface area contributed by atoms with Gasteiger partial charge >= 0.3 is 0 Å². The molecule has 0 saturated carbocycles. The Labute approximate surface area is 118 Å². The number of unbranched alkanes of at least 4 members (excludes halogenated alkanes) is 2. The molecule has 0 saturated heterocycles. The maximum Gasteiger partial charge on any atom is 0.203 e. The Morgan fingerprint density at radius 2 is 1.15 bits per heavy atom. The van der Waals surface area contributed by atoms with Crippen molar-refractivity contribution in [2.45, 2.75) is 25.7 Å². The lowest BCUT2D eigenvalue weighted by atomic mass is 10.1. The van der Waals surface area contributed by atoms with Crippen LogP contribution >= 0.6 is 0 Å². The van der Waals surface area contributed by atoms with Crippen molar-refractivity contribution in [1.29, 1.82) is 0 Å². The fraction of sp³-hybridized carbons (Fsp3) is 0.571. The van der Waals surface area contributed by atoms with Gasteiger partial charge in [0, 0.05) is 38.5 Å². The van der Waals surface area contributed by atoms with Crippen LogP contribution in [0.5, 0.6) is 0 Å². The van der Waals surface area contributed by atoms with E-state index >= 15 is 0 Å². The van der Waals surface area contributed by atoms with E-state index in [2.05, 4.69) is 10.6 Å². The first-order valence-electron chi connectivity index (χ1n) is 6.90. The number of aliphatic hydroxyl groups is 2. The van der Waals surface area contributed by atoms with E-state index in [1.165, 1.54) is 12.2 Å². The van der Waals surface area contributed by atoms with Crippen molar-refractivity contribution in [3.05, 3.63) is 23.5 Å². The largest absolute Gasteiger partial charge is 0.396 e. The first kappa shape index (κ1) is 16.4. The van der Waals surface area contributed by atoms with Crippen LogP contribution in [0.15, 0.2) is 23.5 Å². The summed E-state index contributed by atoms with van der Waals surface area (Å²) < 4.78 is 0. The van der Waals surface area contributed by atoms with E-state index in [1.54, 1.807) is 0 Å². The first-order valence-corrected chi connectivity index (χ1v) is 6.90. The third kappa shape index (κ3) is 5.54. The Balaban J connectivity index is 2.41. The van der Waals surface area contributed by atoms with Crippen molar-refractivity contribution >= 4 is 11.6 Å². The molecule has 6 heteroatoms. The number of hydrogen-bond acceptors (Lipinski definition) is 6. The van der Waals surface area contributed by atoms with Gasteiger partial charge in [-0.1, -0.05) is 0 Å². The van der Waals surface area contributed by atoms with Gasteiger partial charge in [0.2, 0.25) is 11.6 Å². The van der Waals surface area contributed by atoms with Crippen LogP contribution in [0.3, 0.4) is 0 Å². The van der Waals surface area contributed by atoms with Crippen LogP contribution in [0.25, 0.3) is 0 Å². The minimum atomic E-state index is -0.224. The maximum atomic E-state index is 11.8. The van der Waals surface area contributed by atoms with Gasteiger partial charge in [-0.15, -0.1) is 0 Å². The summed E-state index contributed by atoms with van der Waals surface area (Å²) >= 11 is 0. The van der Waals surface area contributed by atoms with E-state index in [1.807, 2.05) is 0 Å². The van der Waals surface area contributed by atoms with E-state index in [4.69, 9.17) is 10.2 Å². The SMILES string of the molecule is O=C1C=C(NCCCCO)C(=O)C=C1NCCCCO. The normalized spacial score (nSPS) is 14.9. The molecule has 1 rings (SSSR count). The van der Waals surface area contributed by atoms with Crippen LogP contribution in [-0.4, -0.2) is 48.1 Å². The summed E-state index contributed by atoms with van der Waals surface area (Å²) in [6, 6.07) is 0. The van der Waals surface area contributed by atoms with E-state index in [0.29, 0.717) is 37.3 Å². The lowest BCUT2D eigenvalue weighted by Gasteiger charge is -2.15. The predicted octanol–water partition coefficient (Wildman–Crippen LogP) is -0.370. The lowest BCUT2D eigenvalue weighted by molar-refractivity contribution is -0.115. The van der Waals surface area contributed by atoms with Crippen molar-refractivity contribution in [3.63, 3.8) is 0 Å². The standard InChI is InChI=1S/C14H22N2O4/c17-7-3-1-5-15-11-9-14(20)12(10-13(11)19)16-6-2-4-8-18/h9-10,15-18H,1-8H2. The smallest absolute Gasteiger partial charge is 0.203 e. The van der Waals surface area contributed by atoms with Crippen molar-refractivity contribution in [3.8, 4) is 0 Å². The number of rotatable bonds is 10. The Morgan fingerprint density at radius 1 is 0.750 bits per heavy atom. The number of carbonyl (C=O) groups excluding carboxylic acids is 2. The number of ketones is 2. The molecule has 6 nitrogen and oxygen atoms in total. The molecule has 0 aromatic carbocycles. The lowest BCUT2D eigenvalue weighted by Crippen LogP contribution is -2.30. The molecule has 0 radical (unpaired) electrons. The number of aliphatic hydroxyl groups excluding tert-OH is 2. The second kappa shape index (κ2) is 9.28. The highest BCUT2D eigenvalue weighted by Gasteiger charge is 2.19. The van der Waals surface area contributed by atoms with Crippen LogP contribution in [0, 0.1) is 0 Å². The van der Waals surface area contributed by atoms with Gasteiger partial charge in [0.1, 0.15) is 0 Å². The quantitative estimate of drug-likeness (QED) is 0.322. The second-order valence-electron chi connectivity index (χ2n) is 4.56. The van der Waals surface area contributed by atoms with Crippen LogP contribution in [0.2, 0.25) is 0 Å². The number of allylic oxidation sites excluding steroid dienone is 2. The zero-order valence-electron chi connectivity index (χ0n) is 11.5. The summed E-state index contributed by atoms with van der Waals surface area (Å²) in [5.41, 5.74) is 0.600. The highest BCUT2D eigenvalue weighted by molar-refractivity contribution is 6.19. The van der Waals surface area contributed by atoms with Crippen LogP contribution in [0.1, 0.15) is 25.7 Å². The van der Waals surface area contributed by atoms with E-state index in [-0.39, 0.29) is 24.8 Å². The first-order chi connectivity index (χ1) is 9.69. The summed E-state index contributed by atoms with van der Waals surface area (Å²) in [5, 5.41) is 23.1. The Hall–Kier alpha value is -1.66. The molecule has 1 aliphatic carbocycles. The molecule has 0 spiro atoms. The van der Waals surface area contributed by atoms with E-state index < -0.39 is 0 Å². The monoisotopic (exact) mass is 282 g/mol. The van der Waals surface area contributed by atoms with E-state index in [9.17, 15) is 9.59 Å². The highest BCUT2D eigenvalue weighted by atomic mass is 16.3. The molecule has 0 aliphatic heterocycles. The fourth-order valence-electron chi connectivity index (χ4n) is 1.76. The molecule has 0 heterocycles.